The van der Waals surface area contributed by atoms with Crippen molar-refractivity contribution in [2.75, 3.05) is 0 Å². The summed E-state index contributed by atoms with van der Waals surface area (Å²) in [7, 11) is 0. The molecule has 21 heavy (non-hydrogen) atoms. The monoisotopic (exact) mass is 284 g/mol. The smallest absolute Gasteiger partial charge is 0.155 e. The number of hydrogen-bond donors (Lipinski definition) is 0. The predicted octanol–water partition coefficient (Wildman–Crippen LogP) is 4.28. The van der Waals surface area contributed by atoms with Gasteiger partial charge in [0.2, 0.25) is 0 Å². The Balaban J connectivity index is 1.62. The molecule has 1 aliphatic rings. The highest BCUT2D eigenvalue weighted by Crippen LogP contribution is 2.22. The van der Waals surface area contributed by atoms with Gasteiger partial charge in [-0.1, -0.05) is 36.4 Å². The number of unbranched alkanes of at least 4 members (excludes halogenated alkanes) is 1. The Morgan fingerprint density at radius 1 is 1.19 bits per heavy atom. The maximum Gasteiger partial charge on any atom is 0.155 e. The predicted molar refractivity (Wildman–Crippen MR) is 85.1 cm³/mol. The number of hydrogen-bond acceptors (Lipinski definition) is 2. The highest BCUT2D eigenvalue weighted by molar-refractivity contribution is 5.89. The highest BCUT2D eigenvalue weighted by Gasteiger charge is 2.16. The van der Waals surface area contributed by atoms with Crippen LogP contribution in [0.4, 0.5) is 0 Å². The molecular weight excluding hydrogens is 260 g/mol. The van der Waals surface area contributed by atoms with Crippen molar-refractivity contribution in [1.29, 1.82) is 0 Å². The van der Waals surface area contributed by atoms with Gasteiger partial charge in [-0.05, 0) is 49.7 Å². The molecule has 1 fully saturated rings. The van der Waals surface area contributed by atoms with Gasteiger partial charge in [-0.3, -0.25) is 9.59 Å². The van der Waals surface area contributed by atoms with E-state index in [0.29, 0.717) is 24.5 Å². The molecule has 2 nitrogen and oxygen atoms in total. The zero-order chi connectivity index (χ0) is 14.9. The third-order valence-corrected chi connectivity index (χ3v) is 4.06. The van der Waals surface area contributed by atoms with E-state index in [-0.39, 0.29) is 5.78 Å². The number of Topliss-reactive ketones (excluding diaryl/α,β-unsaturated/α-hetero) is 1. The molecule has 0 heterocycles. The molecule has 0 radical (unpaired) electrons. The molecule has 0 N–H and O–H groups in total. The van der Waals surface area contributed by atoms with Crippen LogP contribution in [0.15, 0.2) is 42.5 Å². The summed E-state index contributed by atoms with van der Waals surface area (Å²) in [4.78, 5) is 23.2. The normalized spacial score (nSPS) is 19.0. The summed E-state index contributed by atoms with van der Waals surface area (Å²) < 4.78 is 0. The maximum atomic E-state index is 11.8. The van der Waals surface area contributed by atoms with Gasteiger partial charge in [0.1, 0.15) is 5.78 Å². The second kappa shape index (κ2) is 8.56. The SMILES string of the molecule is O=C(/C=C/C1CCCC(=O)C1)CCCCc1ccccc1. The minimum atomic E-state index is 0.195. The number of benzene rings is 1. The summed E-state index contributed by atoms with van der Waals surface area (Å²) in [5.74, 6) is 0.826. The van der Waals surface area contributed by atoms with Crippen LogP contribution in [-0.2, 0) is 16.0 Å². The van der Waals surface area contributed by atoms with Crippen LogP contribution in [0.3, 0.4) is 0 Å². The van der Waals surface area contributed by atoms with Gasteiger partial charge in [-0.15, -0.1) is 0 Å². The Morgan fingerprint density at radius 2 is 2.00 bits per heavy atom. The molecule has 1 aromatic carbocycles. The number of rotatable bonds is 7. The van der Waals surface area contributed by atoms with Gasteiger partial charge >= 0.3 is 0 Å². The van der Waals surface area contributed by atoms with Crippen LogP contribution in [-0.4, -0.2) is 11.6 Å². The van der Waals surface area contributed by atoms with Gasteiger partial charge in [0.05, 0.1) is 0 Å². The lowest BCUT2D eigenvalue weighted by molar-refractivity contribution is -0.121. The molecule has 1 atom stereocenters. The van der Waals surface area contributed by atoms with Crippen LogP contribution in [0.5, 0.6) is 0 Å². The number of aryl methyl sites for hydroxylation is 1. The van der Waals surface area contributed by atoms with Crippen LogP contribution in [0.1, 0.15) is 50.5 Å². The molecule has 1 aromatic rings. The first-order valence-electron chi connectivity index (χ1n) is 8.00. The van der Waals surface area contributed by atoms with Crippen molar-refractivity contribution in [2.24, 2.45) is 5.92 Å². The highest BCUT2D eigenvalue weighted by atomic mass is 16.1. The zero-order valence-electron chi connectivity index (χ0n) is 12.6. The molecular formula is C19H24O2. The Bertz CT molecular complexity index is 488. The molecule has 1 aliphatic carbocycles. The fraction of sp³-hybridized carbons (Fsp3) is 0.474. The summed E-state index contributed by atoms with van der Waals surface area (Å²) in [6, 6.07) is 10.4. The molecule has 2 rings (SSSR count). The molecule has 0 saturated heterocycles. The molecule has 2 heteroatoms. The first-order valence-corrected chi connectivity index (χ1v) is 8.00. The third kappa shape index (κ3) is 6.07. The first-order chi connectivity index (χ1) is 10.2. The Labute approximate surface area is 127 Å². The lowest BCUT2D eigenvalue weighted by atomic mass is 9.88. The van der Waals surface area contributed by atoms with Crippen LogP contribution in [0, 0.1) is 5.92 Å². The molecule has 0 bridgehead atoms. The molecule has 1 saturated carbocycles. The van der Waals surface area contributed by atoms with Gasteiger partial charge in [0.25, 0.3) is 0 Å². The van der Waals surface area contributed by atoms with Crippen molar-refractivity contribution in [2.45, 2.75) is 51.4 Å². The average Bonchev–Trinajstić information content (AvgIpc) is 2.51. The summed E-state index contributed by atoms with van der Waals surface area (Å²) in [6.07, 6.45) is 10.6. The third-order valence-electron chi connectivity index (χ3n) is 4.06. The van der Waals surface area contributed by atoms with E-state index in [1.54, 1.807) is 6.08 Å². The quantitative estimate of drug-likeness (QED) is 0.553. The molecule has 0 aliphatic heterocycles. The second-order valence-electron chi connectivity index (χ2n) is 5.91. The van der Waals surface area contributed by atoms with Gasteiger partial charge in [0, 0.05) is 19.3 Å². The Hall–Kier alpha value is -1.70. The Morgan fingerprint density at radius 3 is 2.76 bits per heavy atom. The summed E-state index contributed by atoms with van der Waals surface area (Å²) in [5, 5.41) is 0. The molecule has 0 amide bonds. The maximum absolute atomic E-state index is 11.8. The number of allylic oxidation sites excluding steroid dienone is 2. The van der Waals surface area contributed by atoms with Crippen molar-refractivity contribution in [1.82, 2.24) is 0 Å². The van der Waals surface area contributed by atoms with Crippen LogP contribution >= 0.6 is 0 Å². The van der Waals surface area contributed by atoms with E-state index in [4.69, 9.17) is 0 Å². The molecule has 0 spiro atoms. The van der Waals surface area contributed by atoms with Gasteiger partial charge in [-0.2, -0.15) is 0 Å². The fourth-order valence-corrected chi connectivity index (χ4v) is 2.82. The number of carbonyl (C=O) groups excluding carboxylic acids is 2. The standard InChI is InChI=1S/C19H24O2/c20-18(14-13-17-10-6-12-19(21)15-17)11-5-4-9-16-7-2-1-3-8-16/h1-3,7-8,13-14,17H,4-6,9-12,15H2/b14-13+. The fourth-order valence-electron chi connectivity index (χ4n) is 2.82. The van der Waals surface area contributed by atoms with E-state index in [1.165, 1.54) is 5.56 Å². The van der Waals surface area contributed by atoms with Crippen LogP contribution in [0.25, 0.3) is 0 Å². The van der Waals surface area contributed by atoms with Crippen molar-refractivity contribution in [3.8, 4) is 0 Å². The van der Waals surface area contributed by atoms with Crippen molar-refractivity contribution < 1.29 is 9.59 Å². The van der Waals surface area contributed by atoms with E-state index in [9.17, 15) is 9.59 Å². The largest absolute Gasteiger partial charge is 0.300 e. The number of carbonyl (C=O) groups is 2. The van der Waals surface area contributed by atoms with Gasteiger partial charge in [0.15, 0.2) is 5.78 Å². The summed E-state index contributed by atoms with van der Waals surface area (Å²) in [5.41, 5.74) is 1.33. The van der Waals surface area contributed by atoms with Crippen molar-refractivity contribution >= 4 is 11.6 Å². The molecule has 112 valence electrons. The minimum Gasteiger partial charge on any atom is -0.300 e. The van der Waals surface area contributed by atoms with E-state index >= 15 is 0 Å². The average molecular weight is 284 g/mol. The summed E-state index contributed by atoms with van der Waals surface area (Å²) >= 11 is 0. The lowest BCUT2D eigenvalue weighted by Crippen LogP contribution is -2.13. The second-order valence-corrected chi connectivity index (χ2v) is 5.91. The molecule has 1 unspecified atom stereocenters. The van der Waals surface area contributed by atoms with Crippen LogP contribution in [0.2, 0.25) is 0 Å². The zero-order valence-corrected chi connectivity index (χ0v) is 12.6. The summed E-state index contributed by atoms with van der Waals surface area (Å²) in [6.45, 7) is 0. The first kappa shape index (κ1) is 15.7. The van der Waals surface area contributed by atoms with Crippen LogP contribution < -0.4 is 0 Å². The van der Waals surface area contributed by atoms with Gasteiger partial charge in [-0.25, -0.2) is 0 Å². The number of ketones is 2. The minimum absolute atomic E-state index is 0.195. The Kier molecular flexibility index (Phi) is 6.39. The van der Waals surface area contributed by atoms with E-state index in [0.717, 1.165) is 38.5 Å². The topological polar surface area (TPSA) is 34.1 Å². The van der Waals surface area contributed by atoms with Gasteiger partial charge < -0.3 is 0 Å². The lowest BCUT2D eigenvalue weighted by Gasteiger charge is -2.16. The van der Waals surface area contributed by atoms with E-state index in [1.807, 2.05) is 12.1 Å². The van der Waals surface area contributed by atoms with E-state index < -0.39 is 0 Å². The van der Waals surface area contributed by atoms with E-state index in [2.05, 4.69) is 24.3 Å². The van der Waals surface area contributed by atoms with Crippen molar-refractivity contribution in [3.05, 3.63) is 48.0 Å². The van der Waals surface area contributed by atoms with Crippen molar-refractivity contribution in [3.63, 3.8) is 0 Å². The molecule has 0 aromatic heterocycles.